The molecule has 4 N–H and O–H groups in total. The van der Waals surface area contributed by atoms with Crippen LogP contribution >= 0.6 is 0 Å². The van der Waals surface area contributed by atoms with Gasteiger partial charge in [-0.15, -0.1) is 12.3 Å². The Bertz CT molecular complexity index is 1360. The number of quaternary nitrogens is 1. The van der Waals surface area contributed by atoms with Gasteiger partial charge in [0.05, 0.1) is 0 Å². The highest BCUT2D eigenvalue weighted by molar-refractivity contribution is 5.92. The lowest BCUT2D eigenvalue weighted by atomic mass is 9.78. The van der Waals surface area contributed by atoms with E-state index in [9.17, 15) is 19.2 Å². The summed E-state index contributed by atoms with van der Waals surface area (Å²) in [6, 6.07) is 16.2. The van der Waals surface area contributed by atoms with Gasteiger partial charge in [-0.1, -0.05) is 42.5 Å². The third-order valence-electron chi connectivity index (χ3n) is 7.44. The van der Waals surface area contributed by atoms with Gasteiger partial charge in [-0.2, -0.15) is 0 Å². The highest BCUT2D eigenvalue weighted by atomic mass is 16.6. The van der Waals surface area contributed by atoms with E-state index in [1.807, 2.05) is 89.2 Å². The van der Waals surface area contributed by atoms with Crippen LogP contribution in [-0.4, -0.2) is 46.2 Å². The van der Waals surface area contributed by atoms with Gasteiger partial charge in [0.15, 0.2) is 11.8 Å². The van der Waals surface area contributed by atoms with E-state index < -0.39 is 35.0 Å². The summed E-state index contributed by atoms with van der Waals surface area (Å²) in [4.78, 5) is 53.3. The fraction of sp³-hybridized carbons (Fsp3) is 0.526. The first kappa shape index (κ1) is 38.2. The molecule has 0 unspecified atom stereocenters. The molecular weight excluding hydrogens is 580 g/mol. The number of rotatable bonds is 16. The predicted molar refractivity (Wildman–Crippen MR) is 180 cm³/mol. The van der Waals surface area contributed by atoms with Crippen LogP contribution in [0.2, 0.25) is 0 Å². The van der Waals surface area contributed by atoms with Crippen molar-refractivity contribution in [1.29, 1.82) is 0 Å². The van der Waals surface area contributed by atoms with Crippen molar-refractivity contribution >= 4 is 23.4 Å². The van der Waals surface area contributed by atoms with Crippen molar-refractivity contribution in [2.24, 2.45) is 11.8 Å². The van der Waals surface area contributed by atoms with Crippen LogP contribution in [0.5, 0.6) is 5.75 Å². The Morgan fingerprint density at radius 1 is 0.804 bits per heavy atom. The molecule has 0 heterocycles. The quantitative estimate of drug-likeness (QED) is 0.197. The standard InChI is InChI=1S/C38H52N2O6/c1-10-11-17-32(41)30(23-26-15-13-12-14-16-26)38(8,9)40-35(44)28(22-27-18-20-29(21-19-27)45-36(2,3)4)24-33(42)31(39)25-34(43)46-37(5,6)7/h1,12-16,18-21,28,30-31H,11,17,22-25,39H2,2-9H3,(H,40,44)/p+1/t28-,30+,31+/m1/s1. The molecule has 0 fully saturated rings. The van der Waals surface area contributed by atoms with Gasteiger partial charge in [-0.3, -0.25) is 19.2 Å². The molecule has 0 aliphatic carbocycles. The van der Waals surface area contributed by atoms with Crippen LogP contribution in [0, 0.1) is 24.2 Å². The van der Waals surface area contributed by atoms with E-state index in [1.54, 1.807) is 20.8 Å². The van der Waals surface area contributed by atoms with Gasteiger partial charge in [0.25, 0.3) is 0 Å². The van der Waals surface area contributed by atoms with E-state index in [0.29, 0.717) is 18.6 Å². The number of terminal acetylenes is 1. The van der Waals surface area contributed by atoms with Crippen LogP contribution in [-0.2, 0) is 36.8 Å². The second kappa shape index (κ2) is 16.6. The minimum Gasteiger partial charge on any atom is -0.488 e. The molecule has 0 radical (unpaired) electrons. The maximum atomic E-state index is 14.0. The highest BCUT2D eigenvalue weighted by Crippen LogP contribution is 2.27. The van der Waals surface area contributed by atoms with Crippen molar-refractivity contribution in [2.45, 2.75) is 117 Å². The Morgan fingerprint density at radius 2 is 1.39 bits per heavy atom. The van der Waals surface area contributed by atoms with Crippen LogP contribution < -0.4 is 15.8 Å². The van der Waals surface area contributed by atoms with Gasteiger partial charge in [0.1, 0.15) is 29.2 Å². The Kier molecular flexibility index (Phi) is 13.8. The molecule has 8 heteroatoms. The molecule has 8 nitrogen and oxygen atoms in total. The molecule has 3 atom stereocenters. The van der Waals surface area contributed by atoms with Crippen molar-refractivity contribution in [3.8, 4) is 18.1 Å². The lowest BCUT2D eigenvalue weighted by molar-refractivity contribution is -0.403. The van der Waals surface area contributed by atoms with Gasteiger partial charge in [0, 0.05) is 36.6 Å². The Balaban J connectivity index is 2.34. The molecule has 0 bridgehead atoms. The normalized spacial score (nSPS) is 13.9. The molecule has 250 valence electrons. The lowest BCUT2D eigenvalue weighted by Crippen LogP contribution is -2.66. The zero-order valence-electron chi connectivity index (χ0n) is 28.9. The van der Waals surface area contributed by atoms with Crippen molar-refractivity contribution in [3.63, 3.8) is 0 Å². The van der Waals surface area contributed by atoms with Crippen LogP contribution in [0.15, 0.2) is 54.6 Å². The van der Waals surface area contributed by atoms with E-state index in [1.165, 1.54) is 0 Å². The minimum absolute atomic E-state index is 0.0376. The Morgan fingerprint density at radius 3 is 1.93 bits per heavy atom. The summed E-state index contributed by atoms with van der Waals surface area (Å²) in [5.74, 6) is 0.666. The number of hydrogen-bond donors (Lipinski definition) is 2. The summed E-state index contributed by atoms with van der Waals surface area (Å²) < 4.78 is 11.3. The largest absolute Gasteiger partial charge is 0.488 e. The first-order chi connectivity index (χ1) is 21.3. The number of benzene rings is 2. The molecular formula is C38H53N2O6+. The van der Waals surface area contributed by atoms with E-state index >= 15 is 0 Å². The number of ketones is 2. The topological polar surface area (TPSA) is 126 Å². The summed E-state index contributed by atoms with van der Waals surface area (Å²) in [6.07, 6.45) is 6.34. The van der Waals surface area contributed by atoms with Gasteiger partial charge in [-0.05, 0) is 91.5 Å². The molecule has 0 aromatic heterocycles. The second-order valence-corrected chi connectivity index (χ2v) is 14.5. The molecule has 2 aromatic rings. The summed E-state index contributed by atoms with van der Waals surface area (Å²) >= 11 is 0. The third-order valence-corrected chi connectivity index (χ3v) is 7.44. The molecule has 0 aliphatic heterocycles. The molecule has 0 aliphatic rings. The first-order valence-corrected chi connectivity index (χ1v) is 16.0. The Hall–Kier alpha value is -3.96. The van der Waals surface area contributed by atoms with Crippen molar-refractivity contribution in [3.05, 3.63) is 65.7 Å². The van der Waals surface area contributed by atoms with Crippen LogP contribution in [0.4, 0.5) is 0 Å². The number of esters is 1. The molecule has 0 saturated carbocycles. The average molecular weight is 634 g/mol. The van der Waals surface area contributed by atoms with Crippen LogP contribution in [0.3, 0.4) is 0 Å². The van der Waals surface area contributed by atoms with Gasteiger partial charge < -0.3 is 20.5 Å². The maximum absolute atomic E-state index is 14.0. The number of carbonyl (C=O) groups is 4. The minimum atomic E-state index is -0.954. The van der Waals surface area contributed by atoms with Crippen molar-refractivity contribution in [2.75, 3.05) is 0 Å². The fourth-order valence-corrected chi connectivity index (χ4v) is 5.19. The number of hydrogen-bond acceptors (Lipinski definition) is 6. The predicted octanol–water partition coefficient (Wildman–Crippen LogP) is 5.06. The SMILES string of the molecule is C#CCCC(=O)[C@H](Cc1ccccc1)C(C)(C)NC(=O)[C@@H](CC(=O)[C@@H]([NH3+])CC(=O)OC(C)(C)C)Cc1ccc(OC(C)(C)C)cc1. The molecule has 2 rings (SSSR count). The summed E-state index contributed by atoms with van der Waals surface area (Å²) in [5.41, 5.74) is 3.71. The van der Waals surface area contributed by atoms with E-state index in [2.05, 4.69) is 17.0 Å². The third kappa shape index (κ3) is 13.6. The van der Waals surface area contributed by atoms with E-state index in [-0.39, 0.29) is 48.8 Å². The highest BCUT2D eigenvalue weighted by Gasteiger charge is 2.38. The fourth-order valence-electron chi connectivity index (χ4n) is 5.19. The summed E-state index contributed by atoms with van der Waals surface area (Å²) in [7, 11) is 0. The van der Waals surface area contributed by atoms with Crippen molar-refractivity contribution < 1.29 is 34.4 Å². The number of Topliss-reactive ketones (excluding diaryl/α,β-unsaturated/α-hetero) is 2. The first-order valence-electron chi connectivity index (χ1n) is 16.0. The number of nitrogens with one attached hydrogen (secondary N) is 1. The van der Waals surface area contributed by atoms with E-state index in [4.69, 9.17) is 15.9 Å². The monoisotopic (exact) mass is 633 g/mol. The number of amides is 1. The molecule has 46 heavy (non-hydrogen) atoms. The second-order valence-electron chi connectivity index (χ2n) is 14.5. The number of carbonyl (C=O) groups excluding carboxylic acids is 4. The van der Waals surface area contributed by atoms with Crippen molar-refractivity contribution in [1.82, 2.24) is 5.32 Å². The smallest absolute Gasteiger partial charge is 0.312 e. The zero-order chi connectivity index (χ0) is 34.7. The van der Waals surface area contributed by atoms with Gasteiger partial charge >= 0.3 is 5.97 Å². The summed E-state index contributed by atoms with van der Waals surface area (Å²) in [6.45, 7) is 14.8. The van der Waals surface area contributed by atoms with Gasteiger partial charge in [-0.25, -0.2) is 0 Å². The lowest BCUT2D eigenvalue weighted by Gasteiger charge is -2.36. The van der Waals surface area contributed by atoms with Gasteiger partial charge in [0.2, 0.25) is 5.91 Å². The average Bonchev–Trinajstić information content (AvgIpc) is 2.93. The maximum Gasteiger partial charge on any atom is 0.312 e. The molecule has 0 saturated heterocycles. The molecule has 1 amide bonds. The summed E-state index contributed by atoms with van der Waals surface area (Å²) in [5, 5.41) is 3.11. The van der Waals surface area contributed by atoms with E-state index in [0.717, 1.165) is 11.1 Å². The zero-order valence-corrected chi connectivity index (χ0v) is 28.9. The molecule has 0 spiro atoms. The van der Waals surface area contributed by atoms with Crippen LogP contribution in [0.1, 0.15) is 92.2 Å². The number of ether oxygens (including phenoxy) is 2. The molecule has 2 aromatic carbocycles. The van der Waals surface area contributed by atoms with Crippen LogP contribution in [0.25, 0.3) is 0 Å². The Labute approximate surface area is 275 Å².